The highest BCUT2D eigenvalue weighted by molar-refractivity contribution is 6.34. The molecule has 0 saturated carbocycles. The minimum absolute atomic E-state index is 0.0881. The zero-order valence-corrected chi connectivity index (χ0v) is 9.37. The Bertz CT molecular complexity index is 441. The molecule has 1 rings (SSSR count). The van der Waals surface area contributed by atoms with E-state index in [1.54, 1.807) is 0 Å². The molecule has 0 fully saturated rings. The number of carbonyl (C=O) groups is 2. The quantitative estimate of drug-likeness (QED) is 0.647. The zero-order chi connectivity index (χ0) is 12.3. The number of aldehydes is 1. The topological polar surface area (TPSA) is 72.8 Å². The van der Waals surface area contributed by atoms with E-state index < -0.39 is 11.7 Å². The van der Waals surface area contributed by atoms with Crippen LogP contribution in [0.25, 0.3) is 0 Å². The maximum atomic E-state index is 11.3. The Kier molecular flexibility index (Phi) is 3.73. The van der Waals surface area contributed by atoms with Crippen LogP contribution in [-0.2, 0) is 4.74 Å². The number of phenolic OH excluding ortho intramolecular Hbond substituents is 1. The van der Waals surface area contributed by atoms with Gasteiger partial charge in [0.2, 0.25) is 0 Å². The average molecular weight is 245 g/mol. The van der Waals surface area contributed by atoms with Crippen molar-refractivity contribution in [2.24, 2.45) is 0 Å². The fourth-order valence-corrected chi connectivity index (χ4v) is 1.41. The van der Waals surface area contributed by atoms with Crippen molar-refractivity contribution >= 4 is 23.9 Å². The van der Waals surface area contributed by atoms with E-state index in [9.17, 15) is 14.7 Å². The Morgan fingerprint density at radius 2 is 2.12 bits per heavy atom. The number of rotatable bonds is 3. The number of aromatic hydroxyl groups is 1. The molecule has 0 atom stereocenters. The molecule has 0 bridgehead atoms. The lowest BCUT2D eigenvalue weighted by Gasteiger charge is -2.10. The molecular formula is C10H9ClO5. The summed E-state index contributed by atoms with van der Waals surface area (Å²) in [6.45, 7) is 0. The van der Waals surface area contributed by atoms with E-state index >= 15 is 0 Å². The second-order valence-corrected chi connectivity index (χ2v) is 3.19. The van der Waals surface area contributed by atoms with E-state index in [4.69, 9.17) is 16.3 Å². The minimum atomic E-state index is -0.757. The summed E-state index contributed by atoms with van der Waals surface area (Å²) in [5.41, 5.74) is -0.325. The minimum Gasteiger partial charge on any atom is -0.505 e. The highest BCUT2D eigenvalue weighted by Crippen LogP contribution is 2.37. The molecule has 0 aliphatic heterocycles. The van der Waals surface area contributed by atoms with Crippen LogP contribution in [0, 0.1) is 0 Å². The maximum Gasteiger partial charge on any atom is 0.338 e. The molecule has 0 amide bonds. The third kappa shape index (κ3) is 1.94. The van der Waals surface area contributed by atoms with Gasteiger partial charge in [0.15, 0.2) is 6.29 Å². The first-order valence-corrected chi connectivity index (χ1v) is 4.57. The molecule has 0 spiro atoms. The molecule has 0 radical (unpaired) electrons. The van der Waals surface area contributed by atoms with E-state index in [-0.39, 0.29) is 21.9 Å². The van der Waals surface area contributed by atoms with Crippen molar-refractivity contribution in [2.75, 3.05) is 14.2 Å². The first kappa shape index (κ1) is 12.3. The van der Waals surface area contributed by atoms with Crippen LogP contribution in [0.4, 0.5) is 0 Å². The summed E-state index contributed by atoms with van der Waals surface area (Å²) in [4.78, 5) is 22.1. The van der Waals surface area contributed by atoms with Crippen molar-refractivity contribution in [3.05, 3.63) is 22.2 Å². The fourth-order valence-electron chi connectivity index (χ4n) is 1.18. The molecule has 0 aliphatic carbocycles. The van der Waals surface area contributed by atoms with Gasteiger partial charge in [-0.2, -0.15) is 0 Å². The number of halogens is 1. The maximum absolute atomic E-state index is 11.3. The molecule has 5 nitrogen and oxygen atoms in total. The molecule has 0 saturated heterocycles. The molecule has 1 aromatic carbocycles. The molecule has 1 aromatic rings. The van der Waals surface area contributed by atoms with Crippen LogP contribution in [0.5, 0.6) is 11.5 Å². The van der Waals surface area contributed by atoms with Gasteiger partial charge in [-0.1, -0.05) is 11.6 Å². The van der Waals surface area contributed by atoms with Crippen molar-refractivity contribution in [3.8, 4) is 11.5 Å². The molecule has 1 N–H and O–H groups in total. The van der Waals surface area contributed by atoms with Crippen molar-refractivity contribution in [1.29, 1.82) is 0 Å². The average Bonchev–Trinajstić information content (AvgIpc) is 2.31. The molecule has 0 aromatic heterocycles. The lowest BCUT2D eigenvalue weighted by molar-refractivity contribution is 0.0597. The van der Waals surface area contributed by atoms with E-state index in [2.05, 4.69) is 4.74 Å². The Balaban J connectivity index is 3.53. The van der Waals surface area contributed by atoms with Gasteiger partial charge in [-0.15, -0.1) is 0 Å². The fraction of sp³-hybridized carbons (Fsp3) is 0.200. The largest absolute Gasteiger partial charge is 0.505 e. The number of benzene rings is 1. The Hall–Kier alpha value is -1.75. The summed E-state index contributed by atoms with van der Waals surface area (Å²) >= 11 is 5.71. The van der Waals surface area contributed by atoms with Gasteiger partial charge in [-0.25, -0.2) is 4.79 Å². The van der Waals surface area contributed by atoms with E-state index in [1.807, 2.05) is 0 Å². The monoisotopic (exact) mass is 244 g/mol. The number of hydrogen-bond acceptors (Lipinski definition) is 5. The number of ether oxygens (including phenoxy) is 2. The summed E-state index contributed by atoms with van der Waals surface area (Å²) in [5.74, 6) is -1.17. The third-order valence-electron chi connectivity index (χ3n) is 1.99. The van der Waals surface area contributed by atoms with Gasteiger partial charge in [-0.05, 0) is 6.07 Å². The molecule has 0 heterocycles. The van der Waals surface area contributed by atoms with Crippen molar-refractivity contribution in [1.82, 2.24) is 0 Å². The zero-order valence-electron chi connectivity index (χ0n) is 8.61. The van der Waals surface area contributed by atoms with Crippen LogP contribution in [0.3, 0.4) is 0 Å². The van der Waals surface area contributed by atoms with E-state index in [0.717, 1.165) is 7.11 Å². The standard InChI is InChI=1S/C10H9ClO5/c1-15-7-3-5(10(14)16-2)6(4-12)9(13)8(7)11/h3-4,13H,1-2H3. The smallest absolute Gasteiger partial charge is 0.338 e. The lowest BCUT2D eigenvalue weighted by Crippen LogP contribution is -2.06. The summed E-state index contributed by atoms with van der Waals surface area (Å²) in [6.07, 6.45) is 0.326. The second-order valence-electron chi connectivity index (χ2n) is 2.81. The molecule has 86 valence electrons. The third-order valence-corrected chi connectivity index (χ3v) is 2.35. The van der Waals surface area contributed by atoms with Gasteiger partial charge in [0.25, 0.3) is 0 Å². The molecular weight excluding hydrogens is 236 g/mol. The molecule has 6 heteroatoms. The second kappa shape index (κ2) is 4.85. The summed E-state index contributed by atoms with van der Waals surface area (Å²) in [7, 11) is 2.48. The molecule has 16 heavy (non-hydrogen) atoms. The van der Waals surface area contributed by atoms with Gasteiger partial charge < -0.3 is 14.6 Å². The Morgan fingerprint density at radius 1 is 1.50 bits per heavy atom. The van der Waals surface area contributed by atoms with Gasteiger partial charge in [0.1, 0.15) is 16.5 Å². The van der Waals surface area contributed by atoms with Crippen LogP contribution in [0.15, 0.2) is 6.07 Å². The van der Waals surface area contributed by atoms with Crippen LogP contribution in [0.1, 0.15) is 20.7 Å². The van der Waals surface area contributed by atoms with Crippen LogP contribution in [-0.4, -0.2) is 31.6 Å². The first-order valence-electron chi connectivity index (χ1n) is 4.19. The lowest BCUT2D eigenvalue weighted by atomic mass is 10.1. The number of esters is 1. The van der Waals surface area contributed by atoms with E-state index in [0.29, 0.717) is 6.29 Å². The normalized spacial score (nSPS) is 9.69. The van der Waals surface area contributed by atoms with Crippen LogP contribution < -0.4 is 4.74 Å². The first-order chi connectivity index (χ1) is 7.56. The van der Waals surface area contributed by atoms with Gasteiger partial charge in [0.05, 0.1) is 25.3 Å². The predicted molar refractivity (Wildman–Crippen MR) is 56.4 cm³/mol. The molecule has 0 unspecified atom stereocenters. The Labute approximate surface area is 96.5 Å². The van der Waals surface area contributed by atoms with Crippen molar-refractivity contribution in [3.63, 3.8) is 0 Å². The number of methoxy groups -OCH3 is 2. The SMILES string of the molecule is COC(=O)c1cc(OC)c(Cl)c(O)c1C=O. The number of phenols is 1. The van der Waals surface area contributed by atoms with Crippen molar-refractivity contribution < 1.29 is 24.2 Å². The summed E-state index contributed by atoms with van der Waals surface area (Å²) in [6, 6.07) is 1.23. The highest BCUT2D eigenvalue weighted by Gasteiger charge is 2.21. The van der Waals surface area contributed by atoms with Crippen molar-refractivity contribution in [2.45, 2.75) is 0 Å². The van der Waals surface area contributed by atoms with E-state index in [1.165, 1.54) is 13.2 Å². The highest BCUT2D eigenvalue weighted by atomic mass is 35.5. The number of carbonyl (C=O) groups excluding carboxylic acids is 2. The van der Waals surface area contributed by atoms with Gasteiger partial charge >= 0.3 is 5.97 Å². The number of hydrogen-bond donors (Lipinski definition) is 1. The molecule has 0 aliphatic rings. The van der Waals surface area contributed by atoms with Crippen LogP contribution in [0.2, 0.25) is 5.02 Å². The van der Waals surface area contributed by atoms with Gasteiger partial charge in [0, 0.05) is 0 Å². The summed E-state index contributed by atoms with van der Waals surface area (Å²) < 4.78 is 9.31. The predicted octanol–water partition coefficient (Wildman–Crippen LogP) is 1.65. The van der Waals surface area contributed by atoms with Gasteiger partial charge in [-0.3, -0.25) is 4.79 Å². The Morgan fingerprint density at radius 3 is 2.56 bits per heavy atom. The van der Waals surface area contributed by atoms with Crippen LogP contribution >= 0.6 is 11.6 Å². The summed E-state index contributed by atoms with van der Waals surface area (Å²) in [5, 5.41) is 9.46.